The first-order valence-corrected chi connectivity index (χ1v) is 8.83. The average molecular weight is 360 g/mol. The van der Waals surface area contributed by atoms with Gasteiger partial charge in [0.2, 0.25) is 6.10 Å². The molecule has 2 heterocycles. The van der Waals surface area contributed by atoms with Gasteiger partial charge in [0, 0.05) is 18.1 Å². The van der Waals surface area contributed by atoms with Gasteiger partial charge in [0.1, 0.15) is 6.61 Å². The Hall–Kier alpha value is -3.34. The first-order chi connectivity index (χ1) is 13.1. The Balaban J connectivity index is 1.53. The smallest absolute Gasteiger partial charge is 0.269 e. The molecule has 27 heavy (non-hydrogen) atoms. The van der Waals surface area contributed by atoms with Gasteiger partial charge >= 0.3 is 0 Å². The number of carbonyl (C=O) groups excluding carboxylic acids is 1. The Morgan fingerprint density at radius 3 is 2.52 bits per heavy atom. The molecule has 0 aliphatic carbocycles. The number of benzene rings is 2. The van der Waals surface area contributed by atoms with Crippen molar-refractivity contribution in [1.29, 1.82) is 0 Å². The van der Waals surface area contributed by atoms with Gasteiger partial charge in [-0.1, -0.05) is 18.2 Å². The fourth-order valence-electron chi connectivity index (χ4n) is 3.16. The normalized spacial score (nSPS) is 15.3. The van der Waals surface area contributed by atoms with E-state index in [1.54, 1.807) is 18.5 Å². The Morgan fingerprint density at radius 1 is 1.00 bits per heavy atom. The monoisotopic (exact) mass is 360 g/mol. The van der Waals surface area contributed by atoms with Gasteiger partial charge in [0.25, 0.3) is 5.91 Å². The summed E-state index contributed by atoms with van der Waals surface area (Å²) < 4.78 is 11.4. The second-order valence-electron chi connectivity index (χ2n) is 6.50. The summed E-state index contributed by atoms with van der Waals surface area (Å²) in [4.78, 5) is 16.7. The maximum absolute atomic E-state index is 12.7. The summed E-state index contributed by atoms with van der Waals surface area (Å²) >= 11 is 0. The molecule has 1 aliphatic heterocycles. The molecule has 4 rings (SSSR count). The van der Waals surface area contributed by atoms with E-state index in [1.165, 1.54) is 0 Å². The summed E-state index contributed by atoms with van der Waals surface area (Å²) in [5.74, 6) is 1.03. The van der Waals surface area contributed by atoms with Crippen molar-refractivity contribution < 1.29 is 14.3 Å². The number of nitrogens with one attached hydrogen (secondary N) is 1. The van der Waals surface area contributed by atoms with Crippen molar-refractivity contribution in [2.24, 2.45) is 0 Å². The zero-order valence-corrected chi connectivity index (χ0v) is 15.2. The van der Waals surface area contributed by atoms with E-state index >= 15 is 0 Å². The Morgan fingerprint density at radius 2 is 1.74 bits per heavy atom. The molecule has 0 radical (unpaired) electrons. The van der Waals surface area contributed by atoms with E-state index in [1.807, 2.05) is 49.4 Å². The lowest BCUT2D eigenvalue weighted by molar-refractivity contribution is -0.125. The third kappa shape index (κ3) is 3.36. The van der Waals surface area contributed by atoms with Crippen LogP contribution in [-0.2, 0) is 4.79 Å². The number of nitrogens with zero attached hydrogens (tertiary/aromatic N) is 1. The van der Waals surface area contributed by atoms with Gasteiger partial charge in [-0.05, 0) is 66.4 Å². The summed E-state index contributed by atoms with van der Waals surface area (Å²) in [6.07, 6.45) is 2.87. The SMILES string of the molecule is Cc1c(NC(=O)C2COc3ccccc3O2)ccc(-c2ccncc2)c1C. The molecule has 1 amide bonds. The predicted molar refractivity (Wildman–Crippen MR) is 104 cm³/mol. The molecule has 1 aromatic heterocycles. The number of carbonyl (C=O) groups is 1. The summed E-state index contributed by atoms with van der Waals surface area (Å²) in [7, 11) is 0. The van der Waals surface area contributed by atoms with Crippen LogP contribution in [0.15, 0.2) is 60.9 Å². The van der Waals surface area contributed by atoms with E-state index in [2.05, 4.69) is 17.2 Å². The zero-order chi connectivity index (χ0) is 18.8. The highest BCUT2D eigenvalue weighted by Gasteiger charge is 2.27. The van der Waals surface area contributed by atoms with Gasteiger partial charge in [-0.2, -0.15) is 0 Å². The molecular formula is C22H20N2O3. The molecule has 0 saturated carbocycles. The van der Waals surface area contributed by atoms with Crippen molar-refractivity contribution in [3.63, 3.8) is 0 Å². The van der Waals surface area contributed by atoms with Crippen LogP contribution >= 0.6 is 0 Å². The van der Waals surface area contributed by atoms with Crippen molar-refractivity contribution in [1.82, 2.24) is 4.98 Å². The highest BCUT2D eigenvalue weighted by Crippen LogP contribution is 2.32. The van der Waals surface area contributed by atoms with Crippen LogP contribution in [0.2, 0.25) is 0 Å². The number of anilines is 1. The predicted octanol–water partition coefficient (Wildman–Crippen LogP) is 4.14. The summed E-state index contributed by atoms with van der Waals surface area (Å²) in [6, 6.07) is 15.2. The quantitative estimate of drug-likeness (QED) is 0.762. The molecule has 5 nitrogen and oxygen atoms in total. The molecule has 1 unspecified atom stereocenters. The Bertz CT molecular complexity index is 986. The number of pyridine rings is 1. The van der Waals surface area contributed by atoms with Crippen LogP contribution in [0, 0.1) is 13.8 Å². The number of hydrogen-bond acceptors (Lipinski definition) is 4. The van der Waals surface area contributed by atoms with Crippen LogP contribution in [0.3, 0.4) is 0 Å². The molecule has 1 aliphatic rings. The van der Waals surface area contributed by atoms with Crippen molar-refractivity contribution in [3.8, 4) is 22.6 Å². The van der Waals surface area contributed by atoms with Crippen molar-refractivity contribution in [2.45, 2.75) is 20.0 Å². The second-order valence-corrected chi connectivity index (χ2v) is 6.50. The van der Waals surface area contributed by atoms with E-state index < -0.39 is 6.10 Å². The number of fused-ring (bicyclic) bond motifs is 1. The zero-order valence-electron chi connectivity index (χ0n) is 15.2. The average Bonchev–Trinajstić information content (AvgIpc) is 2.72. The minimum Gasteiger partial charge on any atom is -0.485 e. The van der Waals surface area contributed by atoms with Crippen molar-refractivity contribution in [3.05, 3.63) is 72.1 Å². The fourth-order valence-corrected chi connectivity index (χ4v) is 3.16. The number of para-hydroxylation sites is 2. The second kappa shape index (κ2) is 7.11. The van der Waals surface area contributed by atoms with E-state index in [0.717, 1.165) is 27.9 Å². The third-order valence-corrected chi connectivity index (χ3v) is 4.84. The van der Waals surface area contributed by atoms with Crippen molar-refractivity contribution in [2.75, 3.05) is 11.9 Å². The largest absolute Gasteiger partial charge is 0.485 e. The van der Waals surface area contributed by atoms with Crippen LogP contribution in [0.4, 0.5) is 5.69 Å². The van der Waals surface area contributed by atoms with Crippen LogP contribution in [-0.4, -0.2) is 23.6 Å². The standard InChI is InChI=1S/C22H20N2O3/c1-14-15(2)18(8-7-17(14)16-9-11-23-12-10-16)24-22(25)21-13-26-19-5-3-4-6-20(19)27-21/h3-12,21H,13H2,1-2H3,(H,24,25). The maximum Gasteiger partial charge on any atom is 0.269 e. The minimum atomic E-state index is -0.681. The molecule has 0 spiro atoms. The molecule has 5 heteroatoms. The molecule has 136 valence electrons. The topological polar surface area (TPSA) is 60.5 Å². The first-order valence-electron chi connectivity index (χ1n) is 8.83. The highest BCUT2D eigenvalue weighted by molar-refractivity contribution is 5.96. The lowest BCUT2D eigenvalue weighted by atomic mass is 9.96. The van der Waals surface area contributed by atoms with Gasteiger partial charge in [0.15, 0.2) is 11.5 Å². The molecule has 0 fully saturated rings. The van der Waals surface area contributed by atoms with Crippen LogP contribution in [0.25, 0.3) is 11.1 Å². The lowest BCUT2D eigenvalue weighted by Gasteiger charge is -2.26. The first kappa shape index (κ1) is 17.1. The van der Waals surface area contributed by atoms with E-state index in [9.17, 15) is 4.79 Å². The molecule has 0 saturated heterocycles. The highest BCUT2D eigenvalue weighted by atomic mass is 16.6. The van der Waals surface area contributed by atoms with E-state index in [4.69, 9.17) is 9.47 Å². The van der Waals surface area contributed by atoms with Crippen LogP contribution < -0.4 is 14.8 Å². The Labute approximate surface area is 158 Å². The third-order valence-electron chi connectivity index (χ3n) is 4.84. The molecular weight excluding hydrogens is 340 g/mol. The summed E-state index contributed by atoms with van der Waals surface area (Å²) in [6.45, 7) is 4.25. The van der Waals surface area contributed by atoms with Crippen LogP contribution in [0.5, 0.6) is 11.5 Å². The molecule has 1 atom stereocenters. The minimum absolute atomic E-state index is 0.190. The van der Waals surface area contributed by atoms with E-state index in [-0.39, 0.29) is 12.5 Å². The number of amides is 1. The fraction of sp³-hybridized carbons (Fsp3) is 0.182. The molecule has 2 aromatic carbocycles. The van der Waals surface area contributed by atoms with Gasteiger partial charge in [0.05, 0.1) is 0 Å². The number of ether oxygens (including phenoxy) is 2. The molecule has 0 bridgehead atoms. The summed E-state index contributed by atoms with van der Waals surface area (Å²) in [5.41, 5.74) is 5.14. The Kier molecular flexibility index (Phi) is 4.50. The number of rotatable bonds is 3. The number of aromatic nitrogens is 1. The van der Waals surface area contributed by atoms with Crippen LogP contribution in [0.1, 0.15) is 11.1 Å². The van der Waals surface area contributed by atoms with Gasteiger partial charge < -0.3 is 14.8 Å². The maximum atomic E-state index is 12.7. The molecule has 3 aromatic rings. The number of hydrogen-bond donors (Lipinski definition) is 1. The van der Waals surface area contributed by atoms with Gasteiger partial charge in [-0.3, -0.25) is 9.78 Å². The van der Waals surface area contributed by atoms with Gasteiger partial charge in [-0.25, -0.2) is 0 Å². The molecule has 1 N–H and O–H groups in total. The van der Waals surface area contributed by atoms with Gasteiger partial charge in [-0.15, -0.1) is 0 Å². The lowest BCUT2D eigenvalue weighted by Crippen LogP contribution is -2.40. The summed E-state index contributed by atoms with van der Waals surface area (Å²) in [5, 5.41) is 2.97. The van der Waals surface area contributed by atoms with E-state index in [0.29, 0.717) is 11.5 Å². The van der Waals surface area contributed by atoms with Crippen molar-refractivity contribution >= 4 is 11.6 Å².